The lowest BCUT2D eigenvalue weighted by Crippen LogP contribution is -2.46. The second-order valence-electron chi connectivity index (χ2n) is 7.74. The Morgan fingerprint density at radius 3 is 2.27 bits per heavy atom. The lowest BCUT2D eigenvalue weighted by molar-refractivity contribution is -0.180. The van der Waals surface area contributed by atoms with E-state index in [1.165, 1.54) is 0 Å². The Hall–Kier alpha value is -2.21. The van der Waals surface area contributed by atoms with Gasteiger partial charge in [-0.15, -0.1) is 0 Å². The maximum atomic E-state index is 12.0. The molecule has 0 unspecified atom stereocenters. The van der Waals surface area contributed by atoms with Crippen LogP contribution in [-0.2, 0) is 37.0 Å². The van der Waals surface area contributed by atoms with Gasteiger partial charge in [-0.25, -0.2) is 0 Å². The summed E-state index contributed by atoms with van der Waals surface area (Å²) in [4.78, 5) is 12.0. The first-order valence-electron chi connectivity index (χ1n) is 10.7. The molecule has 1 saturated heterocycles. The molecule has 3 rings (SSSR count). The zero-order valence-corrected chi connectivity index (χ0v) is 17.9. The molecule has 162 valence electrons. The predicted molar refractivity (Wildman–Crippen MR) is 115 cm³/mol. The van der Waals surface area contributed by atoms with E-state index in [9.17, 15) is 4.79 Å². The van der Waals surface area contributed by atoms with E-state index in [0.29, 0.717) is 32.8 Å². The number of carbonyl (C=O) groups excluding carboxylic acids is 1. The summed E-state index contributed by atoms with van der Waals surface area (Å²) in [6.07, 6.45) is 0.529. The smallest absolute Gasteiger partial charge is 0.308 e. The Balaban J connectivity index is 1.59. The Morgan fingerprint density at radius 2 is 1.63 bits per heavy atom. The van der Waals surface area contributed by atoms with Crippen molar-refractivity contribution >= 4 is 5.97 Å². The van der Waals surface area contributed by atoms with Crippen LogP contribution in [-0.4, -0.2) is 37.5 Å². The number of hydrogen-bond acceptors (Lipinski definition) is 5. The summed E-state index contributed by atoms with van der Waals surface area (Å²) in [5, 5.41) is 0. The molecule has 0 saturated carbocycles. The van der Waals surface area contributed by atoms with Gasteiger partial charge in [0.1, 0.15) is 0 Å². The average Bonchev–Trinajstić information content (AvgIpc) is 2.76. The highest BCUT2D eigenvalue weighted by atomic mass is 16.6. The third kappa shape index (κ3) is 6.94. The molecular formula is C25H32O5. The normalized spacial score (nSPS) is 23.8. The molecule has 1 aliphatic heterocycles. The molecule has 1 aliphatic rings. The SMILES string of the molecule is CCOC(=O)C[C@@H]1C[C@@H](OCc2ccccc2)[C@H](C)[C@H](COCc2ccccc2)O1. The van der Waals surface area contributed by atoms with Gasteiger partial charge in [-0.05, 0) is 18.1 Å². The van der Waals surface area contributed by atoms with Crippen LogP contribution in [0.5, 0.6) is 0 Å². The fourth-order valence-corrected chi connectivity index (χ4v) is 3.73. The van der Waals surface area contributed by atoms with Crippen molar-refractivity contribution in [3.05, 3.63) is 71.8 Å². The monoisotopic (exact) mass is 412 g/mol. The number of benzene rings is 2. The number of carbonyl (C=O) groups is 1. The molecule has 2 aromatic carbocycles. The van der Waals surface area contributed by atoms with E-state index >= 15 is 0 Å². The van der Waals surface area contributed by atoms with E-state index in [1.807, 2.05) is 55.5 Å². The minimum absolute atomic E-state index is 0.0105. The molecule has 0 bridgehead atoms. The number of esters is 1. The first-order chi connectivity index (χ1) is 14.7. The Morgan fingerprint density at radius 1 is 1.00 bits per heavy atom. The van der Waals surface area contributed by atoms with E-state index in [1.54, 1.807) is 0 Å². The predicted octanol–water partition coefficient (Wildman–Crippen LogP) is 4.54. The second kappa shape index (κ2) is 11.8. The van der Waals surface area contributed by atoms with Gasteiger partial charge >= 0.3 is 5.97 Å². The molecule has 5 nitrogen and oxygen atoms in total. The highest BCUT2D eigenvalue weighted by Crippen LogP contribution is 2.30. The maximum Gasteiger partial charge on any atom is 0.308 e. The molecule has 0 radical (unpaired) electrons. The summed E-state index contributed by atoms with van der Waals surface area (Å²) in [6, 6.07) is 20.2. The van der Waals surface area contributed by atoms with Crippen LogP contribution < -0.4 is 0 Å². The third-order valence-corrected chi connectivity index (χ3v) is 5.44. The standard InChI is InChI=1S/C25H32O5/c1-3-28-25(26)15-22-14-23(29-17-21-12-8-5-9-13-21)19(2)24(30-22)18-27-16-20-10-6-4-7-11-20/h4-13,19,22-24H,3,14-18H2,1-2H3/t19-,22-,23+,24-/m0/s1. The molecule has 0 aromatic heterocycles. The summed E-state index contributed by atoms with van der Waals surface area (Å²) < 4.78 is 23.6. The molecular weight excluding hydrogens is 380 g/mol. The summed E-state index contributed by atoms with van der Waals surface area (Å²) in [7, 11) is 0. The zero-order chi connectivity index (χ0) is 21.2. The number of ether oxygens (including phenoxy) is 4. The first-order valence-corrected chi connectivity index (χ1v) is 10.7. The van der Waals surface area contributed by atoms with Crippen molar-refractivity contribution in [3.63, 3.8) is 0 Å². The van der Waals surface area contributed by atoms with Crippen molar-refractivity contribution in [1.29, 1.82) is 0 Å². The van der Waals surface area contributed by atoms with Crippen LogP contribution in [0.25, 0.3) is 0 Å². The van der Waals surface area contributed by atoms with Crippen LogP contribution in [0, 0.1) is 5.92 Å². The van der Waals surface area contributed by atoms with Gasteiger partial charge in [0, 0.05) is 12.3 Å². The fourth-order valence-electron chi connectivity index (χ4n) is 3.73. The average molecular weight is 413 g/mol. The van der Waals surface area contributed by atoms with Gasteiger partial charge in [0.25, 0.3) is 0 Å². The maximum absolute atomic E-state index is 12.0. The van der Waals surface area contributed by atoms with Gasteiger partial charge in [0.2, 0.25) is 0 Å². The summed E-state index contributed by atoms with van der Waals surface area (Å²) >= 11 is 0. The van der Waals surface area contributed by atoms with Crippen molar-refractivity contribution in [3.8, 4) is 0 Å². The zero-order valence-electron chi connectivity index (χ0n) is 17.9. The van der Waals surface area contributed by atoms with E-state index < -0.39 is 0 Å². The summed E-state index contributed by atoms with van der Waals surface area (Å²) in [5.41, 5.74) is 2.26. The topological polar surface area (TPSA) is 54.0 Å². The molecule has 0 spiro atoms. The van der Waals surface area contributed by atoms with Gasteiger partial charge in [0.15, 0.2) is 0 Å². The number of rotatable bonds is 10. The van der Waals surface area contributed by atoms with Crippen molar-refractivity contribution in [2.24, 2.45) is 5.92 Å². The Kier molecular flexibility index (Phi) is 8.87. The van der Waals surface area contributed by atoms with Gasteiger partial charge in [-0.3, -0.25) is 4.79 Å². The third-order valence-electron chi connectivity index (χ3n) is 5.44. The van der Waals surface area contributed by atoms with Crippen LogP contribution in [0.1, 0.15) is 37.8 Å². The first kappa shape index (κ1) is 22.5. The van der Waals surface area contributed by atoms with Gasteiger partial charge in [0.05, 0.1) is 51.2 Å². The van der Waals surface area contributed by atoms with Crippen LogP contribution in [0.15, 0.2) is 60.7 Å². The van der Waals surface area contributed by atoms with E-state index in [4.69, 9.17) is 18.9 Å². The van der Waals surface area contributed by atoms with Crippen LogP contribution in [0.3, 0.4) is 0 Å². The summed E-state index contributed by atoms with van der Waals surface area (Å²) in [6.45, 7) is 5.85. The quantitative estimate of drug-likeness (QED) is 0.537. The molecule has 2 aromatic rings. The van der Waals surface area contributed by atoms with E-state index in [-0.39, 0.29) is 36.6 Å². The van der Waals surface area contributed by atoms with Gasteiger partial charge in [-0.2, -0.15) is 0 Å². The molecule has 1 heterocycles. The summed E-state index contributed by atoms with van der Waals surface area (Å²) in [5.74, 6) is -0.0780. The molecule has 0 aliphatic carbocycles. The lowest BCUT2D eigenvalue weighted by Gasteiger charge is -2.40. The molecule has 0 amide bonds. The van der Waals surface area contributed by atoms with E-state index in [2.05, 4.69) is 19.1 Å². The fraction of sp³-hybridized carbons (Fsp3) is 0.480. The molecule has 0 N–H and O–H groups in total. The Labute approximate surface area is 179 Å². The van der Waals surface area contributed by atoms with Crippen molar-refractivity contribution in [2.45, 2.75) is 58.2 Å². The van der Waals surface area contributed by atoms with Gasteiger partial charge in [-0.1, -0.05) is 67.6 Å². The van der Waals surface area contributed by atoms with Crippen LogP contribution in [0.4, 0.5) is 0 Å². The second-order valence-corrected chi connectivity index (χ2v) is 7.74. The lowest BCUT2D eigenvalue weighted by atomic mass is 9.89. The minimum Gasteiger partial charge on any atom is -0.466 e. The van der Waals surface area contributed by atoms with Crippen LogP contribution in [0.2, 0.25) is 0 Å². The number of hydrogen-bond donors (Lipinski definition) is 0. The highest BCUT2D eigenvalue weighted by molar-refractivity contribution is 5.69. The largest absolute Gasteiger partial charge is 0.466 e. The molecule has 4 atom stereocenters. The molecule has 1 fully saturated rings. The Bertz CT molecular complexity index is 749. The van der Waals surface area contributed by atoms with Crippen LogP contribution >= 0.6 is 0 Å². The van der Waals surface area contributed by atoms with E-state index in [0.717, 1.165) is 11.1 Å². The van der Waals surface area contributed by atoms with Crippen molar-refractivity contribution in [1.82, 2.24) is 0 Å². The molecule has 5 heteroatoms. The van der Waals surface area contributed by atoms with Crippen molar-refractivity contribution < 1.29 is 23.7 Å². The van der Waals surface area contributed by atoms with Gasteiger partial charge < -0.3 is 18.9 Å². The molecule has 30 heavy (non-hydrogen) atoms. The minimum atomic E-state index is -0.234. The van der Waals surface area contributed by atoms with Crippen molar-refractivity contribution in [2.75, 3.05) is 13.2 Å². The highest BCUT2D eigenvalue weighted by Gasteiger charge is 2.37.